The maximum atomic E-state index is 10.6. The van der Waals surface area contributed by atoms with Gasteiger partial charge in [-0.25, -0.2) is 4.85 Å². The Labute approximate surface area is 288 Å². The zero-order valence-electron chi connectivity index (χ0n) is 26.7. The molecule has 0 aliphatic rings. The largest absolute Gasteiger partial charge is 0.309 e. The minimum atomic E-state index is 0.539. The molecule has 5 heteroatoms. The first-order valence-electron chi connectivity index (χ1n) is 16.3. The molecular formula is C45H25N5. The smallest absolute Gasteiger partial charge is 0.188 e. The molecule has 0 saturated heterocycles. The van der Waals surface area contributed by atoms with E-state index in [9.17, 15) is 10.5 Å². The molecular weight excluding hydrogens is 611 g/mol. The second-order valence-corrected chi connectivity index (χ2v) is 12.3. The molecule has 50 heavy (non-hydrogen) atoms. The Bertz CT molecular complexity index is 2850. The van der Waals surface area contributed by atoms with Crippen LogP contribution in [-0.4, -0.2) is 9.13 Å². The van der Waals surface area contributed by atoms with Gasteiger partial charge in [0.05, 0.1) is 57.6 Å². The van der Waals surface area contributed by atoms with Crippen molar-refractivity contribution >= 4 is 49.3 Å². The Hall–Kier alpha value is -7.39. The fourth-order valence-corrected chi connectivity index (χ4v) is 7.38. The Balaban J connectivity index is 1.19. The molecule has 0 bridgehead atoms. The number of hydrogen-bond acceptors (Lipinski definition) is 2. The number of para-hydroxylation sites is 3. The van der Waals surface area contributed by atoms with Gasteiger partial charge >= 0.3 is 0 Å². The molecule has 7 aromatic carbocycles. The summed E-state index contributed by atoms with van der Waals surface area (Å²) in [7, 11) is 0. The summed E-state index contributed by atoms with van der Waals surface area (Å²) in [5.74, 6) is 0. The van der Waals surface area contributed by atoms with Crippen LogP contribution < -0.4 is 0 Å². The van der Waals surface area contributed by atoms with Crippen molar-refractivity contribution in [3.05, 3.63) is 174 Å². The number of benzene rings is 7. The summed E-state index contributed by atoms with van der Waals surface area (Å²) < 4.78 is 4.47. The topological polar surface area (TPSA) is 61.8 Å². The van der Waals surface area contributed by atoms with Crippen molar-refractivity contribution in [1.29, 1.82) is 10.5 Å². The lowest BCUT2D eigenvalue weighted by molar-refractivity contribution is 1.18. The molecule has 2 heterocycles. The second kappa shape index (κ2) is 11.4. The van der Waals surface area contributed by atoms with Gasteiger partial charge in [-0.2, -0.15) is 10.5 Å². The van der Waals surface area contributed by atoms with E-state index in [1.54, 1.807) is 0 Å². The highest BCUT2D eigenvalue weighted by Gasteiger charge is 2.19. The van der Waals surface area contributed by atoms with E-state index >= 15 is 0 Å². The van der Waals surface area contributed by atoms with Crippen LogP contribution >= 0.6 is 0 Å². The molecule has 0 aliphatic heterocycles. The molecule has 9 aromatic rings. The highest BCUT2D eigenvalue weighted by Crippen LogP contribution is 2.40. The van der Waals surface area contributed by atoms with E-state index in [0.29, 0.717) is 16.8 Å². The van der Waals surface area contributed by atoms with Crippen molar-refractivity contribution in [1.82, 2.24) is 9.13 Å². The van der Waals surface area contributed by atoms with Gasteiger partial charge < -0.3 is 9.13 Å². The third-order valence-corrected chi connectivity index (χ3v) is 9.60. The average Bonchev–Trinajstić information content (AvgIpc) is 3.69. The molecule has 0 radical (unpaired) electrons. The van der Waals surface area contributed by atoms with Crippen molar-refractivity contribution in [2.24, 2.45) is 0 Å². The Morgan fingerprint density at radius 3 is 1.88 bits per heavy atom. The van der Waals surface area contributed by atoms with E-state index in [-0.39, 0.29) is 0 Å². The zero-order chi connectivity index (χ0) is 33.8. The van der Waals surface area contributed by atoms with Crippen LogP contribution in [0.2, 0.25) is 0 Å². The maximum absolute atomic E-state index is 10.6. The molecule has 0 atom stereocenters. The summed E-state index contributed by atoms with van der Waals surface area (Å²) in [6, 6.07) is 55.7. The van der Waals surface area contributed by atoms with Crippen LogP contribution in [0.4, 0.5) is 5.69 Å². The molecule has 0 N–H and O–H groups in total. The minimum Gasteiger partial charge on any atom is -0.309 e. The monoisotopic (exact) mass is 635 g/mol. The number of hydrogen-bond donors (Lipinski definition) is 0. The van der Waals surface area contributed by atoms with Crippen LogP contribution in [0, 0.1) is 29.2 Å². The van der Waals surface area contributed by atoms with Crippen LogP contribution in [0.5, 0.6) is 0 Å². The Morgan fingerprint density at radius 1 is 0.480 bits per heavy atom. The third-order valence-electron chi connectivity index (χ3n) is 9.60. The van der Waals surface area contributed by atoms with Gasteiger partial charge in [-0.1, -0.05) is 84.9 Å². The first-order chi connectivity index (χ1) is 24.7. The molecule has 0 aliphatic carbocycles. The molecule has 0 fully saturated rings. The summed E-state index contributed by atoms with van der Waals surface area (Å²) in [6.07, 6.45) is 0. The molecule has 0 spiro atoms. The predicted octanol–water partition coefficient (Wildman–Crippen LogP) is 11.5. The Kier molecular flexibility index (Phi) is 6.56. The summed E-state index contributed by atoms with van der Waals surface area (Å²) in [4.78, 5) is 3.66. The van der Waals surface area contributed by atoms with Gasteiger partial charge in [0.1, 0.15) is 0 Å². The fraction of sp³-hybridized carbons (Fsp3) is 0. The number of nitriles is 2. The molecule has 0 amide bonds. The lowest BCUT2D eigenvalue weighted by atomic mass is 9.94. The first-order valence-corrected chi connectivity index (χ1v) is 16.3. The highest BCUT2D eigenvalue weighted by atomic mass is 15.0. The zero-order valence-corrected chi connectivity index (χ0v) is 26.7. The van der Waals surface area contributed by atoms with Crippen LogP contribution in [-0.2, 0) is 0 Å². The van der Waals surface area contributed by atoms with Gasteiger partial charge in [-0.15, -0.1) is 0 Å². The van der Waals surface area contributed by atoms with E-state index in [0.717, 1.165) is 66.5 Å². The number of fused-ring (bicyclic) bond motifs is 6. The fourth-order valence-electron chi connectivity index (χ4n) is 7.38. The average molecular weight is 636 g/mol. The summed E-state index contributed by atoms with van der Waals surface area (Å²) in [5, 5.41) is 24.4. The third kappa shape index (κ3) is 4.38. The van der Waals surface area contributed by atoms with Crippen molar-refractivity contribution in [2.75, 3.05) is 0 Å². The maximum Gasteiger partial charge on any atom is 0.188 e. The molecule has 230 valence electrons. The van der Waals surface area contributed by atoms with E-state index in [4.69, 9.17) is 6.57 Å². The quantitative estimate of drug-likeness (QED) is 0.181. The van der Waals surface area contributed by atoms with Gasteiger partial charge in [-0.05, 0) is 83.2 Å². The highest BCUT2D eigenvalue weighted by molar-refractivity contribution is 6.11. The molecule has 9 rings (SSSR count). The lowest BCUT2D eigenvalue weighted by Crippen LogP contribution is -1.98. The summed E-state index contributed by atoms with van der Waals surface area (Å²) in [5.41, 5.74) is 11.5. The van der Waals surface area contributed by atoms with Gasteiger partial charge in [0, 0.05) is 33.0 Å². The van der Waals surface area contributed by atoms with Crippen molar-refractivity contribution in [2.45, 2.75) is 0 Å². The van der Waals surface area contributed by atoms with Crippen LogP contribution in [0.3, 0.4) is 0 Å². The number of aromatic nitrogens is 2. The van der Waals surface area contributed by atoms with Crippen LogP contribution in [0.25, 0.3) is 82.1 Å². The first kappa shape index (κ1) is 28.8. The van der Waals surface area contributed by atoms with Gasteiger partial charge in [0.2, 0.25) is 0 Å². The van der Waals surface area contributed by atoms with Gasteiger partial charge in [0.15, 0.2) is 5.69 Å². The number of rotatable bonds is 4. The van der Waals surface area contributed by atoms with Crippen molar-refractivity contribution in [3.8, 4) is 45.8 Å². The molecule has 0 saturated carbocycles. The SMILES string of the molecule is [C-]#[N+]c1ccc2c(c1)c1cc(C#N)ccc1n2-c1ccccc1-c1ccc(-c2cccc(-n3c4ccccc4c4ccccc43)c2)cc1C#N. The molecule has 2 aromatic heterocycles. The van der Waals surface area contributed by atoms with Gasteiger partial charge in [-0.3, -0.25) is 0 Å². The van der Waals surface area contributed by atoms with Crippen LogP contribution in [0.1, 0.15) is 11.1 Å². The van der Waals surface area contributed by atoms with E-state index in [2.05, 4.69) is 111 Å². The summed E-state index contributed by atoms with van der Waals surface area (Å²) in [6.45, 7) is 7.59. The van der Waals surface area contributed by atoms with E-state index in [1.807, 2.05) is 66.7 Å². The van der Waals surface area contributed by atoms with E-state index < -0.39 is 0 Å². The van der Waals surface area contributed by atoms with E-state index in [1.165, 1.54) is 10.8 Å². The standard InChI is InChI=1S/C45H25N5/c1-48-33-19-22-45-40(26-33)39-23-29(27-46)17-21-44(39)50(45)43-16-7-2-11-36(43)35-20-18-31(24-32(35)28-47)30-9-8-10-34(25-30)49-41-14-5-3-12-37(41)38-13-4-6-15-42(38)49/h2-26H. The Morgan fingerprint density at radius 2 is 1.14 bits per heavy atom. The number of nitrogens with zero attached hydrogens (tertiary/aromatic N) is 5. The normalized spacial score (nSPS) is 11.1. The lowest BCUT2D eigenvalue weighted by Gasteiger charge is -2.16. The summed E-state index contributed by atoms with van der Waals surface area (Å²) >= 11 is 0. The van der Waals surface area contributed by atoms with Crippen molar-refractivity contribution < 1.29 is 0 Å². The van der Waals surface area contributed by atoms with Crippen molar-refractivity contribution in [3.63, 3.8) is 0 Å². The van der Waals surface area contributed by atoms with Crippen LogP contribution in [0.15, 0.2) is 152 Å². The molecule has 5 nitrogen and oxygen atoms in total. The second-order valence-electron chi connectivity index (χ2n) is 12.3. The minimum absolute atomic E-state index is 0.539. The molecule has 0 unspecified atom stereocenters. The van der Waals surface area contributed by atoms with Gasteiger partial charge in [0.25, 0.3) is 0 Å². The predicted molar refractivity (Wildman–Crippen MR) is 202 cm³/mol.